The summed E-state index contributed by atoms with van der Waals surface area (Å²) in [6.07, 6.45) is 5.20. The van der Waals surface area contributed by atoms with Crippen LogP contribution in [-0.4, -0.2) is 48.9 Å². The summed E-state index contributed by atoms with van der Waals surface area (Å²) < 4.78 is 5.54. The van der Waals surface area contributed by atoms with Gasteiger partial charge in [-0.2, -0.15) is 0 Å². The van der Waals surface area contributed by atoms with E-state index in [0.717, 1.165) is 24.3 Å². The fourth-order valence-corrected chi connectivity index (χ4v) is 4.88. The van der Waals surface area contributed by atoms with Crippen LogP contribution in [-0.2, 0) is 16.1 Å². The van der Waals surface area contributed by atoms with E-state index >= 15 is 0 Å². The number of carbonyl (C=O) groups is 2. The molecule has 2 bridgehead atoms. The Kier molecular flexibility index (Phi) is 6.06. The minimum Gasteiger partial charge on any atom is -0.494 e. The molecule has 0 spiro atoms. The highest BCUT2D eigenvalue weighted by Crippen LogP contribution is 2.52. The predicted molar refractivity (Wildman–Crippen MR) is 115 cm³/mol. The number of fused-ring (bicyclic) bond motifs is 5. The Balaban J connectivity index is 1.32. The lowest BCUT2D eigenvalue weighted by molar-refractivity contribution is -0.140. The predicted octanol–water partition coefficient (Wildman–Crippen LogP) is 1.95. The van der Waals surface area contributed by atoms with Gasteiger partial charge in [0.15, 0.2) is 5.96 Å². The van der Waals surface area contributed by atoms with Gasteiger partial charge in [0.25, 0.3) is 0 Å². The van der Waals surface area contributed by atoms with Crippen molar-refractivity contribution in [3.8, 4) is 5.75 Å². The number of likely N-dealkylation sites (tertiary alicyclic amines) is 1. The first-order valence-corrected chi connectivity index (χ1v) is 10.9. The molecule has 160 valence electrons. The molecule has 2 aliphatic carbocycles. The van der Waals surface area contributed by atoms with Crippen LogP contribution >= 0.6 is 0 Å². The van der Waals surface area contributed by atoms with Gasteiger partial charge < -0.3 is 15.4 Å². The number of guanidine groups is 1. The molecule has 4 unspecified atom stereocenters. The number of amides is 2. The Morgan fingerprint density at radius 2 is 1.87 bits per heavy atom. The zero-order valence-corrected chi connectivity index (χ0v) is 17.6. The van der Waals surface area contributed by atoms with E-state index in [1.807, 2.05) is 38.1 Å². The van der Waals surface area contributed by atoms with Crippen LogP contribution in [0, 0.1) is 23.7 Å². The molecule has 2 amide bonds. The molecule has 3 aliphatic rings. The number of nitrogens with zero attached hydrogens (tertiary/aromatic N) is 2. The van der Waals surface area contributed by atoms with E-state index in [-0.39, 0.29) is 35.5 Å². The van der Waals surface area contributed by atoms with Gasteiger partial charge in [-0.3, -0.25) is 14.5 Å². The summed E-state index contributed by atoms with van der Waals surface area (Å²) in [6, 6.07) is 7.89. The average Bonchev–Trinajstić information content (AvgIpc) is 3.42. The molecule has 7 heteroatoms. The number of nitrogens with one attached hydrogen (secondary N) is 2. The second-order valence-electron chi connectivity index (χ2n) is 8.03. The summed E-state index contributed by atoms with van der Waals surface area (Å²) >= 11 is 0. The number of hydrogen-bond donors (Lipinski definition) is 2. The fourth-order valence-electron chi connectivity index (χ4n) is 4.88. The van der Waals surface area contributed by atoms with E-state index in [2.05, 4.69) is 27.8 Å². The van der Waals surface area contributed by atoms with Gasteiger partial charge in [-0.1, -0.05) is 24.3 Å². The zero-order valence-electron chi connectivity index (χ0n) is 17.6. The zero-order chi connectivity index (χ0) is 21.1. The van der Waals surface area contributed by atoms with Gasteiger partial charge in [-0.05, 0) is 49.8 Å². The highest BCUT2D eigenvalue weighted by molar-refractivity contribution is 6.06. The molecule has 1 saturated carbocycles. The Hall–Kier alpha value is -2.83. The van der Waals surface area contributed by atoms with Crippen LogP contribution in [0.2, 0.25) is 0 Å². The van der Waals surface area contributed by atoms with Gasteiger partial charge in [-0.25, -0.2) is 4.99 Å². The van der Waals surface area contributed by atoms with Gasteiger partial charge >= 0.3 is 0 Å². The summed E-state index contributed by atoms with van der Waals surface area (Å²) in [7, 11) is 0. The third-order valence-electron chi connectivity index (χ3n) is 6.16. The van der Waals surface area contributed by atoms with Crippen LogP contribution in [0.15, 0.2) is 41.4 Å². The Bertz CT molecular complexity index is 836. The van der Waals surface area contributed by atoms with Crippen LogP contribution in [0.5, 0.6) is 5.75 Å². The maximum absolute atomic E-state index is 12.8. The number of ether oxygens (including phenoxy) is 1. The van der Waals surface area contributed by atoms with Crippen LogP contribution in [0.1, 0.15) is 25.8 Å². The average molecular weight is 411 g/mol. The van der Waals surface area contributed by atoms with E-state index < -0.39 is 0 Å². The summed E-state index contributed by atoms with van der Waals surface area (Å²) in [5.41, 5.74) is 1.05. The van der Waals surface area contributed by atoms with Gasteiger partial charge in [0.2, 0.25) is 11.8 Å². The van der Waals surface area contributed by atoms with Gasteiger partial charge in [0, 0.05) is 19.6 Å². The second kappa shape index (κ2) is 8.90. The largest absolute Gasteiger partial charge is 0.494 e. The number of imide groups is 1. The molecule has 2 N–H and O–H groups in total. The monoisotopic (exact) mass is 410 g/mol. The lowest BCUT2D eigenvalue weighted by Gasteiger charge is -2.18. The summed E-state index contributed by atoms with van der Waals surface area (Å²) in [5.74, 6) is 1.74. The number of allylic oxidation sites excluding steroid dienone is 2. The van der Waals surface area contributed by atoms with Gasteiger partial charge in [-0.15, -0.1) is 0 Å². The van der Waals surface area contributed by atoms with E-state index in [4.69, 9.17) is 4.74 Å². The van der Waals surface area contributed by atoms with Crippen molar-refractivity contribution in [3.63, 3.8) is 0 Å². The van der Waals surface area contributed by atoms with Crippen molar-refractivity contribution in [3.05, 3.63) is 42.0 Å². The Morgan fingerprint density at radius 1 is 1.13 bits per heavy atom. The minimum absolute atomic E-state index is 0.00155. The number of aliphatic imine (C=N–C) groups is 1. The first-order chi connectivity index (χ1) is 14.6. The second-order valence-corrected chi connectivity index (χ2v) is 8.03. The summed E-state index contributed by atoms with van der Waals surface area (Å²) in [5, 5.41) is 6.46. The van der Waals surface area contributed by atoms with Crippen molar-refractivity contribution >= 4 is 17.8 Å². The van der Waals surface area contributed by atoms with Crippen molar-refractivity contribution in [2.45, 2.75) is 26.8 Å². The fraction of sp³-hybridized carbons (Fsp3) is 0.522. The third-order valence-corrected chi connectivity index (χ3v) is 6.16. The van der Waals surface area contributed by atoms with E-state index in [9.17, 15) is 9.59 Å². The maximum atomic E-state index is 12.8. The molecule has 1 aliphatic heterocycles. The van der Waals surface area contributed by atoms with Crippen LogP contribution < -0.4 is 15.4 Å². The van der Waals surface area contributed by atoms with Crippen LogP contribution in [0.4, 0.5) is 0 Å². The molecule has 1 aromatic carbocycles. The smallest absolute Gasteiger partial charge is 0.233 e. The molecular weight excluding hydrogens is 380 g/mol. The number of carbonyl (C=O) groups excluding carboxylic acids is 2. The number of benzene rings is 1. The normalized spacial score (nSPS) is 27.0. The summed E-state index contributed by atoms with van der Waals surface area (Å²) in [4.78, 5) is 31.6. The lowest BCUT2D eigenvalue weighted by atomic mass is 9.85. The molecule has 30 heavy (non-hydrogen) atoms. The molecule has 4 atom stereocenters. The Morgan fingerprint density at radius 3 is 2.53 bits per heavy atom. The van der Waals surface area contributed by atoms with Crippen molar-refractivity contribution in [1.82, 2.24) is 15.5 Å². The third kappa shape index (κ3) is 3.93. The number of rotatable bonds is 8. The standard InChI is InChI=1S/C23H30N4O3/c1-3-24-23(26-14-15-6-5-7-18(12-15)30-4-2)25-10-11-27-21(28)19-16-8-9-17(13-16)20(19)22(27)29/h5-9,12,16-17,19-20H,3-4,10-11,13-14H2,1-2H3,(H2,24,25,26). The van der Waals surface area contributed by atoms with Crippen molar-refractivity contribution in [2.75, 3.05) is 26.2 Å². The SMILES string of the molecule is CCNC(=NCc1cccc(OCC)c1)NCCN1C(=O)C2C3C=CC(C3)C2C1=O. The molecule has 2 fully saturated rings. The minimum atomic E-state index is -0.132. The van der Waals surface area contributed by atoms with E-state index in [1.54, 1.807) is 0 Å². The molecule has 1 aromatic rings. The quantitative estimate of drug-likeness (QED) is 0.296. The van der Waals surface area contributed by atoms with E-state index in [0.29, 0.717) is 32.2 Å². The Labute approximate surface area is 177 Å². The molecule has 1 heterocycles. The lowest BCUT2D eigenvalue weighted by Crippen LogP contribution is -2.43. The van der Waals surface area contributed by atoms with Gasteiger partial charge in [0.05, 0.1) is 25.0 Å². The maximum Gasteiger partial charge on any atom is 0.233 e. The molecule has 0 aromatic heterocycles. The molecule has 7 nitrogen and oxygen atoms in total. The van der Waals surface area contributed by atoms with Gasteiger partial charge in [0.1, 0.15) is 5.75 Å². The van der Waals surface area contributed by atoms with Crippen molar-refractivity contribution in [2.24, 2.45) is 28.7 Å². The molecule has 4 rings (SSSR count). The highest BCUT2D eigenvalue weighted by atomic mass is 16.5. The van der Waals surface area contributed by atoms with E-state index in [1.165, 1.54) is 4.90 Å². The van der Waals surface area contributed by atoms with Crippen molar-refractivity contribution in [1.29, 1.82) is 0 Å². The first kappa shape index (κ1) is 20.4. The number of hydrogen-bond acceptors (Lipinski definition) is 4. The van der Waals surface area contributed by atoms with Crippen molar-refractivity contribution < 1.29 is 14.3 Å². The molecular formula is C23H30N4O3. The first-order valence-electron chi connectivity index (χ1n) is 10.9. The topological polar surface area (TPSA) is 83.0 Å². The van der Waals surface area contributed by atoms with Crippen LogP contribution in [0.25, 0.3) is 0 Å². The molecule has 0 radical (unpaired) electrons. The molecule has 1 saturated heterocycles. The van der Waals surface area contributed by atoms with Crippen LogP contribution in [0.3, 0.4) is 0 Å². The highest BCUT2D eigenvalue weighted by Gasteiger charge is 2.58. The summed E-state index contributed by atoms with van der Waals surface area (Å²) in [6.45, 7) is 6.68.